The van der Waals surface area contributed by atoms with Crippen LogP contribution in [0.25, 0.3) is 17.2 Å². The van der Waals surface area contributed by atoms with Crippen LogP contribution in [-0.4, -0.2) is 48.2 Å². The Balaban J connectivity index is 1.91. The monoisotopic (exact) mass is 285 g/mol. The van der Waals surface area contributed by atoms with Gasteiger partial charge in [0, 0.05) is 36.3 Å². The summed E-state index contributed by atoms with van der Waals surface area (Å²) in [4.78, 5) is 14.5. The minimum atomic E-state index is -0.0299. The molecule has 3 rings (SSSR count). The van der Waals surface area contributed by atoms with Gasteiger partial charge in [-0.2, -0.15) is 5.10 Å². The molecule has 0 aromatic carbocycles. The van der Waals surface area contributed by atoms with Gasteiger partial charge in [-0.1, -0.05) is 0 Å². The predicted molar refractivity (Wildman–Crippen MR) is 82.0 cm³/mol. The number of aromatic nitrogens is 2. The molecule has 0 saturated carbocycles. The molecule has 0 bridgehead atoms. The quantitative estimate of drug-likeness (QED) is 0.780. The highest BCUT2D eigenvalue weighted by Gasteiger charge is 2.23. The molecule has 1 amide bonds. The van der Waals surface area contributed by atoms with E-state index < -0.39 is 0 Å². The van der Waals surface area contributed by atoms with Crippen molar-refractivity contribution in [2.45, 2.75) is 6.54 Å². The summed E-state index contributed by atoms with van der Waals surface area (Å²) in [5, 5.41) is 13.3. The highest BCUT2D eigenvalue weighted by Crippen LogP contribution is 2.34. The molecule has 0 unspecified atom stereocenters. The Morgan fingerprint density at radius 3 is 3.14 bits per heavy atom. The first-order valence-electron chi connectivity index (χ1n) is 6.98. The molecule has 0 aromatic rings. The summed E-state index contributed by atoms with van der Waals surface area (Å²) < 4.78 is 0. The van der Waals surface area contributed by atoms with Crippen LogP contribution in [0, 0.1) is 0 Å². The third-order valence-corrected chi connectivity index (χ3v) is 3.61. The van der Waals surface area contributed by atoms with Crippen LogP contribution in [-0.2, 0) is 6.54 Å². The van der Waals surface area contributed by atoms with E-state index in [1.54, 1.807) is 6.20 Å². The van der Waals surface area contributed by atoms with Crippen molar-refractivity contribution >= 4 is 12.0 Å². The average molecular weight is 285 g/mol. The zero-order chi connectivity index (χ0) is 14.8. The van der Waals surface area contributed by atoms with Crippen molar-refractivity contribution in [3.05, 3.63) is 35.3 Å². The summed E-state index contributed by atoms with van der Waals surface area (Å²) in [5.74, 6) is -0.0299. The lowest BCUT2D eigenvalue weighted by Crippen LogP contribution is -2.31. The number of amides is 1. The van der Waals surface area contributed by atoms with E-state index in [0.29, 0.717) is 13.1 Å². The van der Waals surface area contributed by atoms with E-state index in [9.17, 15) is 4.79 Å². The van der Waals surface area contributed by atoms with Crippen molar-refractivity contribution in [2.24, 2.45) is 0 Å². The third-order valence-electron chi connectivity index (χ3n) is 3.61. The Morgan fingerprint density at radius 1 is 1.48 bits per heavy atom. The van der Waals surface area contributed by atoms with E-state index in [1.165, 1.54) is 0 Å². The summed E-state index contributed by atoms with van der Waals surface area (Å²) in [5.41, 5.74) is 4.74. The van der Waals surface area contributed by atoms with E-state index in [-0.39, 0.29) is 5.91 Å². The minimum Gasteiger partial charge on any atom is -0.387 e. The van der Waals surface area contributed by atoms with Crippen LogP contribution in [0.2, 0.25) is 0 Å². The van der Waals surface area contributed by atoms with Gasteiger partial charge in [0.25, 0.3) is 5.91 Å². The van der Waals surface area contributed by atoms with Crippen LogP contribution in [0.5, 0.6) is 0 Å². The topological polar surface area (TPSA) is 73.0 Å². The van der Waals surface area contributed by atoms with Crippen molar-refractivity contribution in [3.63, 3.8) is 0 Å². The molecule has 2 aliphatic heterocycles. The second-order valence-corrected chi connectivity index (χ2v) is 5.42. The van der Waals surface area contributed by atoms with Gasteiger partial charge in [-0.15, -0.1) is 0 Å². The standard InChI is InChI=1S/C15H19N5O/c1-20(2)6-5-17-15(21)11-7-10-8-18-19-13-3-4-16-9-12(11)14(10)13/h3-4,7-8,16,19H,5-6,9H2,1-2H3,(H,17,21). The van der Waals surface area contributed by atoms with Crippen LogP contribution in [0.15, 0.2) is 18.5 Å². The smallest absolute Gasteiger partial charge is 0.251 e. The van der Waals surface area contributed by atoms with E-state index >= 15 is 0 Å². The fourth-order valence-electron chi connectivity index (χ4n) is 2.57. The predicted octanol–water partition coefficient (Wildman–Crippen LogP) is 0.880. The number of rotatable bonds is 4. The average Bonchev–Trinajstić information content (AvgIpc) is 2.68. The van der Waals surface area contributed by atoms with Crippen LogP contribution in [0.1, 0.15) is 21.6 Å². The fraction of sp³-hybridized carbons (Fsp3) is 0.333. The van der Waals surface area contributed by atoms with Crippen molar-refractivity contribution in [1.29, 1.82) is 0 Å². The highest BCUT2D eigenvalue weighted by molar-refractivity contribution is 6.01. The van der Waals surface area contributed by atoms with E-state index in [2.05, 4.69) is 20.8 Å². The van der Waals surface area contributed by atoms with Crippen LogP contribution in [0.3, 0.4) is 0 Å². The molecule has 0 atom stereocenters. The Kier molecular flexibility index (Phi) is 3.62. The van der Waals surface area contributed by atoms with E-state index in [0.717, 1.165) is 34.5 Å². The zero-order valence-electron chi connectivity index (χ0n) is 12.2. The molecular weight excluding hydrogens is 266 g/mol. The maximum absolute atomic E-state index is 12.4. The Morgan fingerprint density at radius 2 is 2.33 bits per heavy atom. The molecule has 6 heteroatoms. The molecule has 0 aromatic heterocycles. The molecule has 0 spiro atoms. The fourth-order valence-corrected chi connectivity index (χ4v) is 2.57. The summed E-state index contributed by atoms with van der Waals surface area (Å²) in [6.45, 7) is 2.10. The summed E-state index contributed by atoms with van der Waals surface area (Å²) >= 11 is 0. The van der Waals surface area contributed by atoms with E-state index in [1.807, 2.05) is 37.3 Å². The number of carbonyl (C=O) groups is 1. The van der Waals surface area contributed by atoms with Crippen LogP contribution in [0.4, 0.5) is 0 Å². The van der Waals surface area contributed by atoms with Gasteiger partial charge in [0.15, 0.2) is 0 Å². The molecule has 1 aliphatic carbocycles. The van der Waals surface area contributed by atoms with Gasteiger partial charge in [0.1, 0.15) is 0 Å². The summed E-state index contributed by atoms with van der Waals surface area (Å²) in [6.07, 6.45) is 5.58. The first-order chi connectivity index (χ1) is 10.2. The van der Waals surface area contributed by atoms with Crippen LogP contribution < -0.4 is 10.6 Å². The van der Waals surface area contributed by atoms with Crippen LogP contribution >= 0.6 is 0 Å². The number of likely N-dealkylation sites (N-methyl/N-ethyl adjacent to an activating group) is 1. The largest absolute Gasteiger partial charge is 0.387 e. The number of nitrogens with zero attached hydrogens (tertiary/aromatic N) is 2. The van der Waals surface area contributed by atoms with Gasteiger partial charge < -0.3 is 15.5 Å². The van der Waals surface area contributed by atoms with E-state index in [4.69, 9.17) is 0 Å². The molecule has 110 valence electrons. The minimum absolute atomic E-state index is 0.0299. The Hall–Kier alpha value is -2.34. The normalized spacial score (nSPS) is 13.3. The Labute approximate surface area is 123 Å². The van der Waals surface area contributed by atoms with Crippen molar-refractivity contribution in [3.8, 4) is 11.1 Å². The molecule has 3 N–H and O–H groups in total. The van der Waals surface area contributed by atoms with Gasteiger partial charge in [0.05, 0.1) is 11.9 Å². The molecule has 2 heterocycles. The lowest BCUT2D eigenvalue weighted by molar-refractivity contribution is 0.0950. The number of H-pyrrole nitrogens is 1. The summed E-state index contributed by atoms with van der Waals surface area (Å²) in [7, 11) is 3.97. The van der Waals surface area contributed by atoms with Gasteiger partial charge in [-0.05, 0) is 38.0 Å². The maximum Gasteiger partial charge on any atom is 0.251 e. The number of hydrogen-bond donors (Lipinski definition) is 3. The third kappa shape index (κ3) is 2.62. The Bertz CT molecular complexity index is 658. The van der Waals surface area contributed by atoms with Gasteiger partial charge in [-0.25, -0.2) is 0 Å². The number of nitrogens with one attached hydrogen (secondary N) is 3. The van der Waals surface area contributed by atoms with Gasteiger partial charge in [0.2, 0.25) is 0 Å². The summed E-state index contributed by atoms with van der Waals surface area (Å²) in [6, 6.07) is 1.92. The molecule has 0 saturated heterocycles. The molecule has 0 fully saturated rings. The molecule has 0 radical (unpaired) electrons. The SMILES string of the molecule is CN(C)CCNC(=O)c1cc2cn[nH]c3c-2c1CNC=C3. The molecular formula is C15H19N5O. The maximum atomic E-state index is 12.4. The first kappa shape index (κ1) is 13.6. The number of hydrogen-bond acceptors (Lipinski definition) is 4. The molecule has 21 heavy (non-hydrogen) atoms. The molecule has 6 nitrogen and oxygen atoms in total. The lowest BCUT2D eigenvalue weighted by Gasteiger charge is -2.11. The van der Waals surface area contributed by atoms with Crippen molar-refractivity contribution < 1.29 is 4.79 Å². The number of aromatic amines is 1. The second kappa shape index (κ2) is 5.57. The van der Waals surface area contributed by atoms with Gasteiger partial charge in [-0.3, -0.25) is 9.89 Å². The lowest BCUT2D eigenvalue weighted by atomic mass is 10.1. The molecule has 3 aliphatic rings. The first-order valence-corrected chi connectivity index (χ1v) is 6.98. The van der Waals surface area contributed by atoms with Crippen molar-refractivity contribution in [2.75, 3.05) is 27.2 Å². The zero-order valence-corrected chi connectivity index (χ0v) is 12.2. The second-order valence-electron chi connectivity index (χ2n) is 5.42. The highest BCUT2D eigenvalue weighted by atomic mass is 16.1. The van der Waals surface area contributed by atoms with Crippen molar-refractivity contribution in [1.82, 2.24) is 25.7 Å². The number of carbonyl (C=O) groups excluding carboxylic acids is 1. The van der Waals surface area contributed by atoms with Gasteiger partial charge >= 0.3 is 0 Å².